The second-order valence-corrected chi connectivity index (χ2v) is 6.71. The van der Waals surface area contributed by atoms with Crippen molar-refractivity contribution in [3.05, 3.63) is 35.9 Å². The molecule has 0 radical (unpaired) electrons. The predicted molar refractivity (Wildman–Crippen MR) is 94.4 cm³/mol. The smallest absolute Gasteiger partial charge is 0.333 e. The molecule has 1 aromatic rings. The molecule has 0 heterocycles. The van der Waals surface area contributed by atoms with Gasteiger partial charge in [-0.25, -0.2) is 4.79 Å². The monoisotopic (exact) mass is 349 g/mol. The molecular weight excluding hydrogens is 322 g/mol. The number of benzene rings is 1. The first kappa shape index (κ1) is 20.6. The van der Waals surface area contributed by atoms with Crippen LogP contribution in [-0.4, -0.2) is 36.0 Å². The van der Waals surface area contributed by atoms with Gasteiger partial charge in [0.1, 0.15) is 11.6 Å². The molecule has 0 saturated carbocycles. The van der Waals surface area contributed by atoms with Crippen LogP contribution in [0.5, 0.6) is 0 Å². The van der Waals surface area contributed by atoms with Crippen LogP contribution in [0, 0.1) is 0 Å². The zero-order valence-corrected chi connectivity index (χ0v) is 15.2. The largest absolute Gasteiger partial charge is 0.458 e. The summed E-state index contributed by atoms with van der Waals surface area (Å²) in [5.41, 5.74) is 5.23. The van der Waals surface area contributed by atoms with Crippen molar-refractivity contribution in [2.45, 2.75) is 51.8 Å². The van der Waals surface area contributed by atoms with Crippen molar-refractivity contribution >= 4 is 17.8 Å². The van der Waals surface area contributed by atoms with E-state index in [9.17, 15) is 14.4 Å². The molecule has 7 heteroatoms. The number of amides is 2. The maximum absolute atomic E-state index is 12.5. The number of carbonyl (C=O) groups is 3. The molecule has 1 aromatic carbocycles. The highest BCUT2D eigenvalue weighted by molar-refractivity contribution is 5.91. The molecule has 0 aliphatic carbocycles. The van der Waals surface area contributed by atoms with Gasteiger partial charge in [0.05, 0.1) is 0 Å². The number of esters is 1. The molecule has 0 aliphatic rings. The van der Waals surface area contributed by atoms with E-state index < -0.39 is 29.6 Å². The van der Waals surface area contributed by atoms with Crippen molar-refractivity contribution in [1.82, 2.24) is 10.6 Å². The highest BCUT2D eigenvalue weighted by Gasteiger charge is 2.29. The standard InChI is InChI=1S/C18H27N3O4/c1-12(20-14(22)10-11-19)16(23)21-15(13-8-6-5-7-9-13)17(24)25-18(2,3)4/h5-9,12,15H,10-11,19H2,1-4H3,(H,20,22)(H,21,23)/t12-,15-/m0/s1. The number of nitrogens with one attached hydrogen (secondary N) is 2. The Morgan fingerprint density at radius 2 is 1.72 bits per heavy atom. The zero-order valence-electron chi connectivity index (χ0n) is 15.2. The highest BCUT2D eigenvalue weighted by atomic mass is 16.6. The highest BCUT2D eigenvalue weighted by Crippen LogP contribution is 2.18. The maximum Gasteiger partial charge on any atom is 0.333 e. The van der Waals surface area contributed by atoms with E-state index in [4.69, 9.17) is 10.5 Å². The molecule has 2 atom stereocenters. The van der Waals surface area contributed by atoms with Crippen LogP contribution in [0.2, 0.25) is 0 Å². The lowest BCUT2D eigenvalue weighted by atomic mass is 10.1. The summed E-state index contributed by atoms with van der Waals surface area (Å²) in [6.07, 6.45) is 0.131. The van der Waals surface area contributed by atoms with E-state index in [-0.39, 0.29) is 18.9 Å². The van der Waals surface area contributed by atoms with Crippen LogP contribution in [-0.2, 0) is 19.1 Å². The lowest BCUT2D eigenvalue weighted by molar-refractivity contribution is -0.159. The third-order valence-electron chi connectivity index (χ3n) is 3.20. The molecule has 0 saturated heterocycles. The van der Waals surface area contributed by atoms with E-state index in [0.29, 0.717) is 5.56 Å². The van der Waals surface area contributed by atoms with Gasteiger partial charge in [-0.3, -0.25) is 9.59 Å². The summed E-state index contributed by atoms with van der Waals surface area (Å²) in [4.78, 5) is 36.4. The van der Waals surface area contributed by atoms with Crippen molar-refractivity contribution in [3.8, 4) is 0 Å². The molecule has 0 fully saturated rings. The number of hydrogen-bond acceptors (Lipinski definition) is 5. The zero-order chi connectivity index (χ0) is 19.0. The minimum atomic E-state index is -0.957. The Morgan fingerprint density at radius 1 is 1.12 bits per heavy atom. The normalized spacial score (nSPS) is 13.5. The molecule has 1 rings (SSSR count). The Morgan fingerprint density at radius 3 is 2.24 bits per heavy atom. The van der Waals surface area contributed by atoms with Gasteiger partial charge in [0, 0.05) is 13.0 Å². The molecule has 0 spiro atoms. The minimum absolute atomic E-state index is 0.131. The average Bonchev–Trinajstić information content (AvgIpc) is 2.51. The van der Waals surface area contributed by atoms with Crippen molar-refractivity contribution in [3.63, 3.8) is 0 Å². The molecular formula is C18H27N3O4. The van der Waals surface area contributed by atoms with E-state index in [2.05, 4.69) is 10.6 Å². The SMILES string of the molecule is C[C@H](NC(=O)CCN)C(=O)N[C@H](C(=O)OC(C)(C)C)c1ccccc1. The molecule has 0 bridgehead atoms. The summed E-state index contributed by atoms with van der Waals surface area (Å²) in [6.45, 7) is 7.00. The Balaban J connectivity index is 2.88. The third kappa shape index (κ3) is 7.34. The van der Waals surface area contributed by atoms with Gasteiger partial charge in [-0.2, -0.15) is 0 Å². The molecule has 0 aliphatic heterocycles. The van der Waals surface area contributed by atoms with Crippen molar-refractivity contribution in [1.29, 1.82) is 0 Å². The Kier molecular flexibility index (Phi) is 7.57. The van der Waals surface area contributed by atoms with Gasteiger partial charge < -0.3 is 21.1 Å². The lowest BCUT2D eigenvalue weighted by Gasteiger charge is -2.25. The lowest BCUT2D eigenvalue weighted by Crippen LogP contribution is -2.48. The van der Waals surface area contributed by atoms with E-state index in [1.807, 2.05) is 6.07 Å². The van der Waals surface area contributed by atoms with Gasteiger partial charge in [-0.05, 0) is 33.3 Å². The predicted octanol–water partition coefficient (Wildman–Crippen LogP) is 1.04. The van der Waals surface area contributed by atoms with Gasteiger partial charge in [0.15, 0.2) is 6.04 Å². The van der Waals surface area contributed by atoms with Crippen molar-refractivity contribution in [2.24, 2.45) is 5.73 Å². The number of nitrogens with two attached hydrogens (primary N) is 1. The molecule has 0 unspecified atom stereocenters. The Hall–Kier alpha value is -2.41. The third-order valence-corrected chi connectivity index (χ3v) is 3.20. The summed E-state index contributed by atoms with van der Waals surface area (Å²) >= 11 is 0. The Bertz CT molecular complexity index is 596. The summed E-state index contributed by atoms with van der Waals surface area (Å²) in [5, 5.41) is 5.18. The fourth-order valence-electron chi connectivity index (χ4n) is 2.06. The van der Waals surface area contributed by atoms with Crippen LogP contribution in [0.25, 0.3) is 0 Å². The molecule has 25 heavy (non-hydrogen) atoms. The second kappa shape index (κ2) is 9.17. The number of ether oxygens (including phenoxy) is 1. The van der Waals surface area contributed by atoms with Crippen LogP contribution in [0.15, 0.2) is 30.3 Å². The topological polar surface area (TPSA) is 111 Å². The van der Waals surface area contributed by atoms with Crippen LogP contribution in [0.1, 0.15) is 45.7 Å². The molecule has 0 aromatic heterocycles. The summed E-state index contributed by atoms with van der Waals surface area (Å²) in [7, 11) is 0. The molecule has 7 nitrogen and oxygen atoms in total. The fourth-order valence-corrected chi connectivity index (χ4v) is 2.06. The van der Waals surface area contributed by atoms with Crippen LogP contribution in [0.3, 0.4) is 0 Å². The summed E-state index contributed by atoms with van der Waals surface area (Å²) in [6, 6.07) is 7.05. The van der Waals surface area contributed by atoms with E-state index in [1.54, 1.807) is 52.0 Å². The summed E-state index contributed by atoms with van der Waals surface area (Å²) in [5.74, 6) is -1.36. The molecule has 4 N–H and O–H groups in total. The second-order valence-electron chi connectivity index (χ2n) is 6.71. The quantitative estimate of drug-likeness (QED) is 0.637. The van der Waals surface area contributed by atoms with E-state index >= 15 is 0 Å². The van der Waals surface area contributed by atoms with Crippen molar-refractivity contribution in [2.75, 3.05) is 6.54 Å². The molecule has 138 valence electrons. The fraction of sp³-hybridized carbons (Fsp3) is 0.500. The van der Waals surface area contributed by atoms with Gasteiger partial charge in [-0.1, -0.05) is 30.3 Å². The number of hydrogen-bond donors (Lipinski definition) is 3. The van der Waals surface area contributed by atoms with Crippen molar-refractivity contribution < 1.29 is 19.1 Å². The van der Waals surface area contributed by atoms with E-state index in [1.165, 1.54) is 0 Å². The van der Waals surface area contributed by atoms with Gasteiger partial charge in [0.2, 0.25) is 11.8 Å². The van der Waals surface area contributed by atoms with Crippen LogP contribution >= 0.6 is 0 Å². The van der Waals surface area contributed by atoms with E-state index in [0.717, 1.165) is 0 Å². The first-order valence-electron chi connectivity index (χ1n) is 8.21. The minimum Gasteiger partial charge on any atom is -0.458 e. The first-order valence-corrected chi connectivity index (χ1v) is 8.21. The van der Waals surface area contributed by atoms with Crippen LogP contribution < -0.4 is 16.4 Å². The van der Waals surface area contributed by atoms with Gasteiger partial charge in [0.25, 0.3) is 0 Å². The first-order chi connectivity index (χ1) is 11.6. The number of rotatable bonds is 7. The van der Waals surface area contributed by atoms with Crippen LogP contribution in [0.4, 0.5) is 0 Å². The van der Waals surface area contributed by atoms with Gasteiger partial charge in [-0.15, -0.1) is 0 Å². The molecule has 2 amide bonds. The maximum atomic E-state index is 12.5. The van der Waals surface area contributed by atoms with Gasteiger partial charge >= 0.3 is 5.97 Å². The Labute approximate surface area is 148 Å². The average molecular weight is 349 g/mol. The summed E-state index contributed by atoms with van der Waals surface area (Å²) < 4.78 is 5.40. The number of carbonyl (C=O) groups excluding carboxylic acids is 3.